The maximum absolute atomic E-state index is 12.8. The predicted octanol–water partition coefficient (Wildman–Crippen LogP) is 1.70. The first-order chi connectivity index (χ1) is 15.0. The molecule has 1 aromatic rings. The van der Waals surface area contributed by atoms with E-state index in [1.165, 1.54) is 4.90 Å². The highest BCUT2D eigenvalue weighted by molar-refractivity contribution is 6.07. The summed E-state index contributed by atoms with van der Waals surface area (Å²) in [5.74, 6) is -0.316. The van der Waals surface area contributed by atoms with E-state index in [0.717, 1.165) is 56.7 Å². The van der Waals surface area contributed by atoms with E-state index < -0.39 is 5.54 Å². The first-order valence-corrected chi connectivity index (χ1v) is 11.4. The molecule has 4 amide bonds. The van der Waals surface area contributed by atoms with Crippen molar-refractivity contribution in [1.29, 1.82) is 0 Å². The molecule has 1 spiro atoms. The normalized spacial score (nSPS) is 21.5. The Morgan fingerprint density at radius 1 is 1.06 bits per heavy atom. The molecule has 2 saturated heterocycles. The predicted molar refractivity (Wildman–Crippen MR) is 119 cm³/mol. The van der Waals surface area contributed by atoms with Gasteiger partial charge in [0.1, 0.15) is 5.54 Å². The van der Waals surface area contributed by atoms with Gasteiger partial charge in [-0.15, -0.1) is 0 Å². The number of hydrogen-bond acceptors (Lipinski definition) is 5. The summed E-state index contributed by atoms with van der Waals surface area (Å²) >= 11 is 0. The Bertz CT molecular complexity index is 828. The average molecular weight is 428 g/mol. The van der Waals surface area contributed by atoms with Crippen LogP contribution < -0.4 is 15.5 Å². The van der Waals surface area contributed by atoms with E-state index >= 15 is 0 Å². The fourth-order valence-corrected chi connectivity index (χ4v) is 4.89. The van der Waals surface area contributed by atoms with Crippen LogP contribution in [0.1, 0.15) is 44.1 Å². The lowest BCUT2D eigenvalue weighted by Gasteiger charge is -2.35. The Kier molecular flexibility index (Phi) is 6.46. The van der Waals surface area contributed by atoms with Gasteiger partial charge >= 0.3 is 6.03 Å². The van der Waals surface area contributed by atoms with E-state index in [-0.39, 0.29) is 30.8 Å². The van der Waals surface area contributed by atoms with Gasteiger partial charge in [0.25, 0.3) is 5.91 Å². The van der Waals surface area contributed by atoms with E-state index in [0.29, 0.717) is 19.4 Å². The van der Waals surface area contributed by atoms with Crippen molar-refractivity contribution in [2.24, 2.45) is 0 Å². The lowest BCUT2D eigenvalue weighted by molar-refractivity contribution is -0.132. The van der Waals surface area contributed by atoms with Crippen LogP contribution in [0.4, 0.5) is 10.5 Å². The molecule has 1 aliphatic carbocycles. The zero-order chi connectivity index (χ0) is 21.8. The number of carbonyl (C=O) groups is 3. The van der Waals surface area contributed by atoms with Gasteiger partial charge in [0.2, 0.25) is 5.91 Å². The number of nitrogens with zero attached hydrogens (tertiary/aromatic N) is 3. The number of amides is 4. The van der Waals surface area contributed by atoms with E-state index in [2.05, 4.69) is 33.5 Å². The zero-order valence-corrected chi connectivity index (χ0v) is 18.4. The highest BCUT2D eigenvalue weighted by Gasteiger charge is 2.51. The second-order valence-electron chi connectivity index (χ2n) is 8.98. The van der Waals surface area contributed by atoms with Crippen LogP contribution >= 0.6 is 0 Å². The molecule has 3 aliphatic rings. The van der Waals surface area contributed by atoms with Crippen LogP contribution in [0.15, 0.2) is 24.3 Å². The minimum atomic E-state index is -0.729. The number of piperazine rings is 1. The molecule has 168 valence electrons. The molecular weight excluding hydrogens is 394 g/mol. The standard InChI is InChI=1S/C23H33N5O3/c1-26-13-15-27(16-14-26)19-8-4-3-7-18(19)17-24-20(29)9-12-28-21(30)23(25-22(28)31)10-5-2-6-11-23/h3-4,7-8H,2,5-6,9-17H2,1H3,(H,24,29)(H,25,31). The van der Waals surface area contributed by atoms with Crippen molar-refractivity contribution in [3.05, 3.63) is 29.8 Å². The van der Waals surface area contributed by atoms with E-state index in [1.54, 1.807) is 0 Å². The SMILES string of the molecule is CN1CCN(c2ccccc2CNC(=O)CCN2C(=O)NC3(CCCCC3)C2=O)CC1. The van der Waals surface area contributed by atoms with Gasteiger partial charge in [0.15, 0.2) is 0 Å². The van der Waals surface area contributed by atoms with Crippen molar-refractivity contribution in [2.45, 2.75) is 50.6 Å². The summed E-state index contributed by atoms with van der Waals surface area (Å²) in [4.78, 5) is 43.6. The van der Waals surface area contributed by atoms with Gasteiger partial charge in [-0.3, -0.25) is 14.5 Å². The third-order valence-corrected chi connectivity index (χ3v) is 6.83. The van der Waals surface area contributed by atoms with Crippen LogP contribution in [-0.4, -0.2) is 73.0 Å². The van der Waals surface area contributed by atoms with E-state index in [1.807, 2.05) is 18.2 Å². The number of likely N-dealkylation sites (N-methyl/N-ethyl adjacent to an activating group) is 1. The minimum Gasteiger partial charge on any atom is -0.369 e. The number of urea groups is 1. The Morgan fingerprint density at radius 3 is 2.52 bits per heavy atom. The Labute approximate surface area is 183 Å². The molecule has 0 aromatic heterocycles. The molecule has 0 bridgehead atoms. The van der Waals surface area contributed by atoms with Crippen LogP contribution in [0, 0.1) is 0 Å². The molecule has 2 aliphatic heterocycles. The summed E-state index contributed by atoms with van der Waals surface area (Å²) in [6, 6.07) is 7.79. The molecule has 8 nitrogen and oxygen atoms in total. The second-order valence-corrected chi connectivity index (χ2v) is 8.98. The molecule has 2 heterocycles. The summed E-state index contributed by atoms with van der Waals surface area (Å²) in [5.41, 5.74) is 1.51. The molecule has 1 aromatic carbocycles. The van der Waals surface area contributed by atoms with Gasteiger partial charge in [-0.2, -0.15) is 0 Å². The number of rotatable bonds is 6. The highest BCUT2D eigenvalue weighted by atomic mass is 16.2. The summed E-state index contributed by atoms with van der Waals surface area (Å²) in [6.45, 7) is 4.54. The van der Waals surface area contributed by atoms with Crippen molar-refractivity contribution in [3.8, 4) is 0 Å². The van der Waals surface area contributed by atoms with Gasteiger partial charge in [0, 0.05) is 51.4 Å². The molecule has 0 unspecified atom stereocenters. The monoisotopic (exact) mass is 427 g/mol. The maximum atomic E-state index is 12.8. The molecule has 0 radical (unpaired) electrons. The number of anilines is 1. The first kappa shape index (κ1) is 21.6. The Morgan fingerprint density at radius 2 is 1.77 bits per heavy atom. The van der Waals surface area contributed by atoms with Crippen molar-refractivity contribution in [3.63, 3.8) is 0 Å². The quantitative estimate of drug-likeness (QED) is 0.675. The van der Waals surface area contributed by atoms with Crippen molar-refractivity contribution < 1.29 is 14.4 Å². The lowest BCUT2D eigenvalue weighted by Crippen LogP contribution is -2.48. The number of carbonyl (C=O) groups excluding carboxylic acids is 3. The van der Waals surface area contributed by atoms with Crippen LogP contribution in [-0.2, 0) is 16.1 Å². The van der Waals surface area contributed by atoms with Gasteiger partial charge in [-0.05, 0) is 31.5 Å². The summed E-state index contributed by atoms with van der Waals surface area (Å²) in [5, 5.41) is 5.86. The zero-order valence-electron chi connectivity index (χ0n) is 18.4. The number of nitrogens with one attached hydrogen (secondary N) is 2. The molecule has 8 heteroatoms. The van der Waals surface area contributed by atoms with Crippen LogP contribution in [0.25, 0.3) is 0 Å². The topological polar surface area (TPSA) is 85.0 Å². The van der Waals surface area contributed by atoms with Crippen molar-refractivity contribution in [2.75, 3.05) is 44.7 Å². The molecule has 31 heavy (non-hydrogen) atoms. The molecule has 4 rings (SSSR count). The largest absolute Gasteiger partial charge is 0.369 e. The second kappa shape index (κ2) is 9.26. The Balaban J connectivity index is 1.29. The fraction of sp³-hybridized carbons (Fsp3) is 0.609. The number of benzene rings is 1. The molecular formula is C23H33N5O3. The van der Waals surface area contributed by atoms with E-state index in [4.69, 9.17) is 0 Å². The third kappa shape index (κ3) is 4.69. The molecule has 2 N–H and O–H groups in total. The highest BCUT2D eigenvalue weighted by Crippen LogP contribution is 2.33. The maximum Gasteiger partial charge on any atom is 0.325 e. The van der Waals surface area contributed by atoms with Crippen molar-refractivity contribution in [1.82, 2.24) is 20.4 Å². The fourth-order valence-electron chi connectivity index (χ4n) is 4.89. The first-order valence-electron chi connectivity index (χ1n) is 11.4. The van der Waals surface area contributed by atoms with Gasteiger partial charge in [-0.1, -0.05) is 37.5 Å². The number of hydrogen-bond donors (Lipinski definition) is 2. The minimum absolute atomic E-state index is 0.117. The van der Waals surface area contributed by atoms with Gasteiger partial charge in [-0.25, -0.2) is 4.79 Å². The Hall–Kier alpha value is -2.61. The summed E-state index contributed by atoms with van der Waals surface area (Å²) in [6.07, 6.45) is 4.52. The smallest absolute Gasteiger partial charge is 0.325 e. The van der Waals surface area contributed by atoms with Gasteiger partial charge < -0.3 is 20.4 Å². The van der Waals surface area contributed by atoms with Crippen LogP contribution in [0.2, 0.25) is 0 Å². The summed E-state index contributed by atoms with van der Waals surface area (Å²) in [7, 11) is 2.13. The molecule has 1 saturated carbocycles. The van der Waals surface area contributed by atoms with Crippen LogP contribution in [0.3, 0.4) is 0 Å². The number of para-hydroxylation sites is 1. The van der Waals surface area contributed by atoms with Gasteiger partial charge in [0.05, 0.1) is 0 Å². The lowest BCUT2D eigenvalue weighted by atomic mass is 9.82. The van der Waals surface area contributed by atoms with Crippen molar-refractivity contribution >= 4 is 23.5 Å². The molecule has 0 atom stereocenters. The number of imide groups is 1. The van der Waals surface area contributed by atoms with Crippen LogP contribution in [0.5, 0.6) is 0 Å². The average Bonchev–Trinajstić information content (AvgIpc) is 3.00. The third-order valence-electron chi connectivity index (χ3n) is 6.83. The van der Waals surface area contributed by atoms with E-state index in [9.17, 15) is 14.4 Å². The summed E-state index contributed by atoms with van der Waals surface area (Å²) < 4.78 is 0. The molecule has 3 fully saturated rings.